The van der Waals surface area contributed by atoms with Crippen molar-refractivity contribution >= 4 is 34.4 Å². The summed E-state index contributed by atoms with van der Waals surface area (Å²) in [5.41, 5.74) is 6.96. The molecule has 4 rings (SSSR count). The van der Waals surface area contributed by atoms with Crippen LogP contribution >= 0.6 is 11.6 Å². The number of hydrogen-bond acceptors (Lipinski definition) is 5. The molecule has 0 radical (unpaired) electrons. The van der Waals surface area contributed by atoms with Gasteiger partial charge in [0, 0.05) is 51.2 Å². The summed E-state index contributed by atoms with van der Waals surface area (Å²) in [7, 11) is 0. The maximum absolute atomic E-state index is 12.4. The minimum atomic E-state index is -1.16. The number of fused-ring (bicyclic) bond motifs is 1. The third-order valence-electron chi connectivity index (χ3n) is 4.38. The van der Waals surface area contributed by atoms with Crippen molar-refractivity contribution in [2.75, 3.05) is 5.73 Å². The Morgan fingerprint density at radius 3 is 2.68 bits per heavy atom. The number of aromatic amines is 1. The molecule has 3 aromatic heterocycles. The standard InChI is InChI=1S/C19H14ClN5O3/c20-11-3-4-14-13(6-11)15(12-2-1-5-22-17(12)26)16(18(27)28)25(14)9-10-7-23-19(21)24-8-10/h1-8H,9H2,(H,22,26)(H,27,28)(H2,21,23,24). The number of nitrogens with one attached hydrogen (secondary N) is 1. The van der Waals surface area contributed by atoms with E-state index in [1.165, 1.54) is 18.6 Å². The Morgan fingerprint density at radius 2 is 2.00 bits per heavy atom. The van der Waals surface area contributed by atoms with Crippen LogP contribution in [-0.2, 0) is 6.54 Å². The molecule has 8 nitrogen and oxygen atoms in total. The van der Waals surface area contributed by atoms with Gasteiger partial charge < -0.3 is 20.4 Å². The second-order valence-electron chi connectivity index (χ2n) is 6.14. The van der Waals surface area contributed by atoms with Crippen molar-refractivity contribution in [2.24, 2.45) is 0 Å². The molecule has 0 saturated heterocycles. The van der Waals surface area contributed by atoms with Gasteiger partial charge in [0.15, 0.2) is 0 Å². The number of carboxylic acids is 1. The van der Waals surface area contributed by atoms with Gasteiger partial charge >= 0.3 is 5.97 Å². The molecule has 0 amide bonds. The average molecular weight is 396 g/mol. The van der Waals surface area contributed by atoms with Crippen molar-refractivity contribution in [3.8, 4) is 11.1 Å². The van der Waals surface area contributed by atoms with Gasteiger partial charge in [0.05, 0.1) is 6.54 Å². The Labute approximate surface area is 163 Å². The van der Waals surface area contributed by atoms with Crippen LogP contribution in [0, 0.1) is 0 Å². The van der Waals surface area contributed by atoms with Gasteiger partial charge in [0.1, 0.15) is 5.69 Å². The number of hydrogen-bond donors (Lipinski definition) is 3. The summed E-state index contributed by atoms with van der Waals surface area (Å²) in [6.45, 7) is 0.185. The van der Waals surface area contributed by atoms with Crippen molar-refractivity contribution in [1.82, 2.24) is 19.5 Å². The summed E-state index contributed by atoms with van der Waals surface area (Å²) in [5.74, 6) is -1.04. The number of H-pyrrole nitrogens is 1. The number of benzene rings is 1. The van der Waals surface area contributed by atoms with Crippen LogP contribution in [0.4, 0.5) is 5.95 Å². The van der Waals surface area contributed by atoms with Crippen LogP contribution in [0.2, 0.25) is 5.02 Å². The van der Waals surface area contributed by atoms with E-state index in [4.69, 9.17) is 17.3 Å². The predicted molar refractivity (Wildman–Crippen MR) is 106 cm³/mol. The third-order valence-corrected chi connectivity index (χ3v) is 4.62. The summed E-state index contributed by atoms with van der Waals surface area (Å²) < 4.78 is 1.60. The molecule has 28 heavy (non-hydrogen) atoms. The van der Waals surface area contributed by atoms with Crippen molar-refractivity contribution < 1.29 is 9.90 Å². The van der Waals surface area contributed by atoms with E-state index in [-0.39, 0.29) is 29.3 Å². The molecule has 0 atom stereocenters. The molecule has 3 heterocycles. The zero-order valence-electron chi connectivity index (χ0n) is 14.4. The number of carboxylic acid groups (broad SMARTS) is 1. The summed E-state index contributed by atoms with van der Waals surface area (Å²) in [6, 6.07) is 8.27. The largest absolute Gasteiger partial charge is 0.477 e. The Kier molecular flexibility index (Phi) is 4.32. The molecule has 1 aromatic carbocycles. The van der Waals surface area contributed by atoms with Crippen LogP contribution in [0.25, 0.3) is 22.0 Å². The van der Waals surface area contributed by atoms with E-state index in [2.05, 4.69) is 15.0 Å². The Hall–Kier alpha value is -3.65. The van der Waals surface area contributed by atoms with Gasteiger partial charge in [-0.05, 0) is 30.3 Å². The summed E-state index contributed by atoms with van der Waals surface area (Å²) in [6.07, 6.45) is 4.56. The van der Waals surface area contributed by atoms with Crippen LogP contribution in [0.3, 0.4) is 0 Å². The van der Waals surface area contributed by atoms with Gasteiger partial charge in [-0.1, -0.05) is 11.6 Å². The molecule has 0 spiro atoms. The summed E-state index contributed by atoms with van der Waals surface area (Å²) in [4.78, 5) is 35.1. The summed E-state index contributed by atoms with van der Waals surface area (Å²) >= 11 is 6.16. The molecular weight excluding hydrogens is 382 g/mol. The number of carbonyl (C=O) groups is 1. The number of nitrogen functional groups attached to an aromatic ring is 1. The van der Waals surface area contributed by atoms with Crippen molar-refractivity contribution in [1.29, 1.82) is 0 Å². The number of nitrogens with two attached hydrogens (primary N) is 1. The van der Waals surface area contributed by atoms with Gasteiger partial charge in [0.2, 0.25) is 5.95 Å². The quantitative estimate of drug-likeness (QED) is 0.487. The average Bonchev–Trinajstić information content (AvgIpc) is 2.97. The van der Waals surface area contributed by atoms with Gasteiger partial charge in [-0.2, -0.15) is 0 Å². The first-order valence-electron chi connectivity index (χ1n) is 8.25. The Morgan fingerprint density at radius 1 is 1.25 bits per heavy atom. The minimum Gasteiger partial charge on any atom is -0.477 e. The van der Waals surface area contributed by atoms with E-state index >= 15 is 0 Å². The van der Waals surface area contributed by atoms with Gasteiger partial charge in [-0.15, -0.1) is 0 Å². The second-order valence-corrected chi connectivity index (χ2v) is 6.58. The smallest absolute Gasteiger partial charge is 0.353 e. The van der Waals surface area contributed by atoms with Crippen LogP contribution in [-0.4, -0.2) is 30.6 Å². The van der Waals surface area contributed by atoms with E-state index in [1.807, 2.05) is 0 Å². The topological polar surface area (TPSA) is 127 Å². The highest BCUT2D eigenvalue weighted by Gasteiger charge is 2.25. The highest BCUT2D eigenvalue weighted by Crippen LogP contribution is 2.35. The second kappa shape index (κ2) is 6.82. The van der Waals surface area contributed by atoms with Gasteiger partial charge in [-0.25, -0.2) is 14.8 Å². The Balaban J connectivity index is 2.06. The van der Waals surface area contributed by atoms with Crippen molar-refractivity contribution in [2.45, 2.75) is 6.54 Å². The monoisotopic (exact) mass is 395 g/mol. The van der Waals surface area contributed by atoms with E-state index in [9.17, 15) is 14.7 Å². The number of nitrogens with zero attached hydrogens (tertiary/aromatic N) is 3. The first kappa shape index (κ1) is 17.7. The lowest BCUT2D eigenvalue weighted by molar-refractivity contribution is 0.0687. The fraction of sp³-hybridized carbons (Fsp3) is 0.0526. The molecule has 0 fully saturated rings. The molecule has 0 aliphatic rings. The fourth-order valence-electron chi connectivity index (χ4n) is 3.23. The van der Waals surface area contributed by atoms with Crippen LogP contribution in [0.5, 0.6) is 0 Å². The molecule has 0 aliphatic heterocycles. The molecular formula is C19H14ClN5O3. The normalized spacial score (nSPS) is 11.0. The lowest BCUT2D eigenvalue weighted by atomic mass is 10.0. The molecule has 0 unspecified atom stereocenters. The molecule has 0 bridgehead atoms. The third kappa shape index (κ3) is 2.99. The number of aromatic nitrogens is 4. The van der Waals surface area contributed by atoms with E-state index in [1.54, 1.807) is 34.9 Å². The van der Waals surface area contributed by atoms with E-state index in [0.717, 1.165) is 0 Å². The Bertz CT molecular complexity index is 1260. The lowest BCUT2D eigenvalue weighted by Gasteiger charge is -2.09. The first-order chi connectivity index (χ1) is 13.5. The summed E-state index contributed by atoms with van der Waals surface area (Å²) in [5, 5.41) is 11.0. The number of rotatable bonds is 4. The van der Waals surface area contributed by atoms with E-state index < -0.39 is 5.97 Å². The molecule has 140 valence electrons. The molecule has 0 saturated carbocycles. The molecule has 9 heteroatoms. The molecule has 0 aliphatic carbocycles. The SMILES string of the molecule is Nc1ncc(Cn2c(C(=O)O)c(-c3ccc[nH]c3=O)c3cc(Cl)ccc32)cn1. The number of pyridine rings is 1. The zero-order chi connectivity index (χ0) is 19.8. The lowest BCUT2D eigenvalue weighted by Crippen LogP contribution is -2.13. The predicted octanol–water partition coefficient (Wildman–Crippen LogP) is 2.77. The highest BCUT2D eigenvalue weighted by molar-refractivity contribution is 6.31. The first-order valence-corrected chi connectivity index (χ1v) is 8.63. The minimum absolute atomic E-state index is 0.0224. The van der Waals surface area contributed by atoms with Crippen LogP contribution < -0.4 is 11.3 Å². The fourth-order valence-corrected chi connectivity index (χ4v) is 3.41. The van der Waals surface area contributed by atoms with Crippen molar-refractivity contribution in [3.63, 3.8) is 0 Å². The molecule has 4 N–H and O–H groups in total. The van der Waals surface area contributed by atoms with Crippen LogP contribution in [0.15, 0.2) is 53.7 Å². The maximum atomic E-state index is 12.4. The number of anilines is 1. The van der Waals surface area contributed by atoms with Crippen LogP contribution in [0.1, 0.15) is 16.1 Å². The maximum Gasteiger partial charge on any atom is 0.353 e. The highest BCUT2D eigenvalue weighted by atomic mass is 35.5. The number of aromatic carboxylic acids is 1. The molecule has 4 aromatic rings. The van der Waals surface area contributed by atoms with Crippen molar-refractivity contribution in [3.05, 3.63) is 75.6 Å². The van der Waals surface area contributed by atoms with E-state index in [0.29, 0.717) is 27.1 Å². The zero-order valence-corrected chi connectivity index (χ0v) is 15.1. The van der Waals surface area contributed by atoms with Gasteiger partial charge in [-0.3, -0.25) is 4.79 Å². The number of halogens is 1. The van der Waals surface area contributed by atoms with Gasteiger partial charge in [0.25, 0.3) is 5.56 Å².